The maximum atomic E-state index is 10.7. The number of ether oxygens (including phenoxy) is 1. The molecule has 4 heteroatoms. The average Bonchev–Trinajstić information content (AvgIpc) is 2.23. The van der Waals surface area contributed by atoms with Crippen LogP contribution in [-0.4, -0.2) is 39.5 Å². The van der Waals surface area contributed by atoms with Crippen molar-refractivity contribution in [3.8, 4) is 0 Å². The van der Waals surface area contributed by atoms with Crippen LogP contribution in [-0.2, 0) is 9.53 Å². The number of esters is 1. The van der Waals surface area contributed by atoms with Crippen molar-refractivity contribution >= 4 is 39.7 Å². The third-order valence-electron chi connectivity index (χ3n) is 1.82. The third-order valence-corrected chi connectivity index (χ3v) is 2.08. The Kier molecular flexibility index (Phi) is 18.5. The quantitative estimate of drug-likeness (QED) is 0.328. The van der Waals surface area contributed by atoms with Gasteiger partial charge in [0, 0.05) is 0 Å². The van der Waals surface area contributed by atoms with Gasteiger partial charge in [0.1, 0.15) is 0 Å². The summed E-state index contributed by atoms with van der Waals surface area (Å²) in [5.74, 6) is 0.749. The first kappa shape index (κ1) is 19.0. The number of unbranched alkanes of at least 4 members (excludes halogenated alkanes) is 2. The van der Waals surface area contributed by atoms with E-state index in [1.807, 2.05) is 0 Å². The van der Waals surface area contributed by atoms with Gasteiger partial charge in [0.25, 0.3) is 0 Å². The van der Waals surface area contributed by atoms with Crippen molar-refractivity contribution in [3.05, 3.63) is 0 Å². The summed E-state index contributed by atoms with van der Waals surface area (Å²) in [6, 6.07) is 0. The Morgan fingerprint density at radius 1 is 1.25 bits per heavy atom. The second-order valence-electron chi connectivity index (χ2n) is 4.12. The molecule has 0 amide bonds. The summed E-state index contributed by atoms with van der Waals surface area (Å²) in [7, 11) is 0. The summed E-state index contributed by atoms with van der Waals surface area (Å²) in [5.41, 5.74) is 0. The monoisotopic (exact) mass is 354 g/mol. The summed E-state index contributed by atoms with van der Waals surface area (Å²) >= 11 is 4.04. The normalized spacial score (nSPS) is 9.62. The van der Waals surface area contributed by atoms with Gasteiger partial charge in [-0.3, -0.25) is 4.79 Å². The Morgan fingerprint density at radius 2 is 1.81 bits per heavy atom. The minimum absolute atomic E-state index is 0.187. The standard InChI is InChI=1S/C10H20O2S.2CH3.Sn/c1-9(2)6-4-3-5-7-12-10(11)8-13;;;/h9,13H,3-8H2,1-2H3;2*1H3;. The van der Waals surface area contributed by atoms with Gasteiger partial charge in [0.05, 0.1) is 12.4 Å². The van der Waals surface area contributed by atoms with Crippen LogP contribution in [0.15, 0.2) is 0 Å². The number of carbonyl (C=O) groups excluding carboxylic acids is 1. The van der Waals surface area contributed by atoms with Crippen LogP contribution < -0.4 is 0 Å². The van der Waals surface area contributed by atoms with Crippen molar-refractivity contribution in [2.45, 2.75) is 49.4 Å². The zero-order valence-electron chi connectivity index (χ0n) is 11.1. The number of thiol groups is 1. The molecule has 0 aliphatic heterocycles. The Morgan fingerprint density at radius 3 is 2.25 bits per heavy atom. The fourth-order valence-corrected chi connectivity index (χ4v) is 1.15. The number of rotatable bonds is 7. The van der Waals surface area contributed by atoms with Gasteiger partial charge < -0.3 is 4.74 Å². The molecule has 0 N–H and O–H groups in total. The van der Waals surface area contributed by atoms with E-state index in [-0.39, 0.29) is 32.9 Å². The zero-order valence-corrected chi connectivity index (χ0v) is 14.8. The van der Waals surface area contributed by atoms with Crippen LogP contribution in [0.3, 0.4) is 0 Å². The predicted molar refractivity (Wildman–Crippen MR) is 75.6 cm³/mol. The Balaban J connectivity index is 0. The van der Waals surface area contributed by atoms with Crippen molar-refractivity contribution < 1.29 is 9.53 Å². The van der Waals surface area contributed by atoms with Crippen molar-refractivity contribution in [1.82, 2.24) is 0 Å². The molecule has 0 fully saturated rings. The molecule has 0 saturated heterocycles. The Hall–Kier alpha value is 0.619. The summed E-state index contributed by atoms with van der Waals surface area (Å²) in [5, 5.41) is 0. The Labute approximate surface area is 117 Å². The molecule has 2 nitrogen and oxygen atoms in total. The molecule has 0 unspecified atom stereocenters. The van der Waals surface area contributed by atoms with Crippen molar-refractivity contribution in [2.24, 2.45) is 5.92 Å². The van der Waals surface area contributed by atoms with E-state index in [1.165, 1.54) is 12.8 Å². The fourth-order valence-electron chi connectivity index (χ4n) is 1.06. The minimum atomic E-state index is -0.216. The molecule has 0 aliphatic rings. The topological polar surface area (TPSA) is 26.3 Å². The van der Waals surface area contributed by atoms with Crippen LogP contribution in [0, 0.1) is 5.92 Å². The second kappa shape index (κ2) is 15.6. The molecule has 0 aliphatic carbocycles. The average molecular weight is 353 g/mol. The second-order valence-corrected chi connectivity index (χ2v) is 7.29. The zero-order chi connectivity index (χ0) is 12.8. The van der Waals surface area contributed by atoms with E-state index in [2.05, 4.69) is 36.4 Å². The Bertz CT molecular complexity index is 152. The van der Waals surface area contributed by atoms with Crippen molar-refractivity contribution in [1.29, 1.82) is 0 Å². The van der Waals surface area contributed by atoms with Gasteiger partial charge in [-0.25, -0.2) is 0 Å². The van der Waals surface area contributed by atoms with Gasteiger partial charge in [-0.1, -0.05) is 33.1 Å². The summed E-state index contributed by atoms with van der Waals surface area (Å²) in [6.07, 6.45) is 4.63. The molecule has 0 bridgehead atoms. The molecule has 0 atom stereocenters. The molecule has 0 aromatic heterocycles. The van der Waals surface area contributed by atoms with Crippen LogP contribution in [0.2, 0.25) is 9.88 Å². The molecule has 0 saturated carbocycles. The number of hydrogen-bond acceptors (Lipinski definition) is 3. The van der Waals surface area contributed by atoms with E-state index in [9.17, 15) is 4.79 Å². The SMILES string of the molecule is CC(C)CCCCCOC(=O)CS.[CH3][Sn][CH3]. The predicted octanol–water partition coefficient (Wildman–Crippen LogP) is 3.46. The van der Waals surface area contributed by atoms with Crippen LogP contribution in [0.25, 0.3) is 0 Å². The molecule has 0 rings (SSSR count). The van der Waals surface area contributed by atoms with Crippen LogP contribution in [0.5, 0.6) is 0 Å². The summed E-state index contributed by atoms with van der Waals surface area (Å²) < 4.78 is 4.88. The van der Waals surface area contributed by atoms with Gasteiger partial charge in [0.2, 0.25) is 0 Å². The maximum absolute atomic E-state index is 10.7. The molecule has 0 spiro atoms. The van der Waals surface area contributed by atoms with Gasteiger partial charge in [0.15, 0.2) is 0 Å². The van der Waals surface area contributed by atoms with Crippen molar-refractivity contribution in [3.63, 3.8) is 0 Å². The van der Waals surface area contributed by atoms with Gasteiger partial charge in [-0.05, 0) is 12.3 Å². The summed E-state index contributed by atoms with van der Waals surface area (Å²) in [4.78, 5) is 15.2. The third kappa shape index (κ3) is 20.1. The number of carbonyl (C=O) groups is 1. The van der Waals surface area contributed by atoms with Gasteiger partial charge >= 0.3 is 37.0 Å². The first-order chi connectivity index (χ1) is 7.58. The molecule has 16 heavy (non-hydrogen) atoms. The molecule has 0 heterocycles. The van der Waals surface area contributed by atoms with Crippen LogP contribution in [0.1, 0.15) is 39.5 Å². The van der Waals surface area contributed by atoms with E-state index >= 15 is 0 Å². The van der Waals surface area contributed by atoms with E-state index in [0.717, 1.165) is 18.8 Å². The van der Waals surface area contributed by atoms with E-state index < -0.39 is 0 Å². The molecular formula is C12H26O2SSn. The molecule has 96 valence electrons. The van der Waals surface area contributed by atoms with E-state index in [0.29, 0.717) is 6.61 Å². The molecule has 0 aromatic carbocycles. The first-order valence-electron chi connectivity index (χ1n) is 5.93. The van der Waals surface area contributed by atoms with E-state index in [1.54, 1.807) is 0 Å². The van der Waals surface area contributed by atoms with Crippen molar-refractivity contribution in [2.75, 3.05) is 12.4 Å². The van der Waals surface area contributed by atoms with Gasteiger partial charge in [-0.2, -0.15) is 12.6 Å². The fraction of sp³-hybridized carbons (Fsp3) is 0.917. The van der Waals surface area contributed by atoms with Gasteiger partial charge in [-0.15, -0.1) is 0 Å². The molecule has 2 radical (unpaired) electrons. The molecule has 0 aromatic rings. The van der Waals surface area contributed by atoms with Crippen LogP contribution >= 0.6 is 12.6 Å². The number of hydrogen-bond donors (Lipinski definition) is 1. The first-order valence-corrected chi connectivity index (χ1v) is 12.3. The molecular weight excluding hydrogens is 327 g/mol. The van der Waals surface area contributed by atoms with Crippen LogP contribution in [0.4, 0.5) is 0 Å². The van der Waals surface area contributed by atoms with E-state index in [4.69, 9.17) is 4.74 Å². The summed E-state index contributed by atoms with van der Waals surface area (Å²) in [6.45, 7) is 5.00.